The van der Waals surface area contributed by atoms with Gasteiger partial charge in [-0.3, -0.25) is 14.9 Å². The van der Waals surface area contributed by atoms with E-state index in [1.165, 1.54) is 82.6 Å². The first-order valence-corrected chi connectivity index (χ1v) is 37.7. The van der Waals surface area contributed by atoms with Crippen LogP contribution in [0.3, 0.4) is 0 Å². The largest absolute Gasteiger partial charge is 0.399 e. The lowest BCUT2D eigenvalue weighted by molar-refractivity contribution is 0.0879. The molecule has 0 spiro atoms. The number of carbonyl (C=O) groups excluding carboxylic acids is 2. The zero-order valence-electron chi connectivity index (χ0n) is 68.8. The molecule has 556 valence electrons. The Hall–Kier alpha value is -8.11. The Kier molecular flexibility index (Phi) is 35.0. The minimum Gasteiger partial charge on any atom is -0.399 e. The Morgan fingerprint density at radius 2 is 0.680 bits per heavy atom. The predicted octanol–water partition coefficient (Wildman–Crippen LogP) is 25.2. The molecule has 0 bridgehead atoms. The number of nitrogens with one attached hydrogen (secondary N) is 1. The first kappa shape index (κ1) is 91.0. The number of anilines is 2. The number of amides is 2. The summed E-state index contributed by atoms with van der Waals surface area (Å²) in [5, 5.41) is 4.94. The number of carbonyl (C=O) groups is 2. The average molecular weight is 1430 g/mol. The van der Waals surface area contributed by atoms with E-state index in [1.54, 1.807) is 23.9 Å². The zero-order valence-corrected chi connectivity index (χ0v) is 70.4. The molecule has 0 fully saturated rings. The van der Waals surface area contributed by atoms with Crippen molar-refractivity contribution in [2.24, 2.45) is 0 Å². The molecular weight excluding hydrogens is 1300 g/mol. The van der Waals surface area contributed by atoms with Crippen LogP contribution in [0, 0.1) is 20.8 Å². The number of nitrogens with two attached hydrogens (primary N) is 1. The molecule has 3 N–H and O–H groups in total. The van der Waals surface area contributed by atoms with Gasteiger partial charge in [-0.05, 0) is 180 Å². The zero-order chi connectivity index (χ0) is 78.9. The fourth-order valence-corrected chi connectivity index (χ4v) is 10.6. The van der Waals surface area contributed by atoms with E-state index in [4.69, 9.17) is 14.2 Å². The first-order valence-electron chi connectivity index (χ1n) is 35.8. The Morgan fingerprint density at radius 3 is 1.05 bits per heavy atom. The van der Waals surface area contributed by atoms with Gasteiger partial charge in [0.05, 0.1) is 11.1 Å². The molecule has 1 aliphatic heterocycles. The number of hydrogen-bond acceptors (Lipinski definition) is 7. The van der Waals surface area contributed by atoms with Gasteiger partial charge < -0.3 is 10.6 Å². The molecule has 1 heterocycles. The van der Waals surface area contributed by atoms with Crippen LogP contribution in [0.2, 0.25) is 0 Å². The van der Waals surface area contributed by atoms with Crippen molar-refractivity contribution in [1.82, 2.24) is 5.32 Å². The second kappa shape index (κ2) is 39.7. The van der Waals surface area contributed by atoms with Crippen molar-refractivity contribution in [1.29, 1.82) is 0 Å². The number of benzene rings is 9. The number of aryl methyl sites for hydroxylation is 3. The van der Waals surface area contributed by atoms with Gasteiger partial charge in [-0.2, -0.15) is 8.42 Å². The molecule has 0 saturated heterocycles. The van der Waals surface area contributed by atoms with Crippen LogP contribution in [0.15, 0.2) is 212 Å². The van der Waals surface area contributed by atoms with Crippen LogP contribution in [0.1, 0.15) is 254 Å². The third-order valence-electron chi connectivity index (χ3n) is 17.2. The molecule has 0 atom stereocenters. The van der Waals surface area contributed by atoms with E-state index in [1.807, 2.05) is 24.3 Å². The number of hydrogen-bond donors (Lipinski definition) is 2. The summed E-state index contributed by atoms with van der Waals surface area (Å²) in [6.45, 7) is 63.2. The maximum atomic E-state index is 11.4. The van der Waals surface area contributed by atoms with Crippen LogP contribution in [-0.4, -0.2) is 40.6 Å². The van der Waals surface area contributed by atoms with Gasteiger partial charge in [0.1, 0.15) is 0 Å². The van der Waals surface area contributed by atoms with Crippen molar-refractivity contribution in [3.05, 3.63) is 285 Å². The second-order valence-corrected chi connectivity index (χ2v) is 36.0. The van der Waals surface area contributed by atoms with Crippen molar-refractivity contribution < 1.29 is 18.0 Å². The molecule has 103 heavy (non-hydrogen) atoms. The molecule has 9 aromatic rings. The van der Waals surface area contributed by atoms with Gasteiger partial charge in [0.25, 0.3) is 11.8 Å². The van der Waals surface area contributed by atoms with Crippen molar-refractivity contribution >= 4 is 63.4 Å². The number of nitrogens with zero attached hydrogens (tertiary/aromatic N) is 1. The summed E-state index contributed by atoms with van der Waals surface area (Å²) >= 11 is 1.04. The summed E-state index contributed by atoms with van der Waals surface area (Å²) in [6.07, 6.45) is 3.97. The van der Waals surface area contributed by atoms with Gasteiger partial charge in [0.2, 0.25) is 0 Å². The monoisotopic (exact) mass is 1430 g/mol. The Balaban J connectivity index is 0.000000399. The number of nitrogen functional groups attached to an aromatic ring is 1. The minimum absolute atomic E-state index is 0.0129. The van der Waals surface area contributed by atoms with E-state index in [2.05, 4.69) is 394 Å². The molecule has 9 aromatic carbocycles. The van der Waals surface area contributed by atoms with Crippen LogP contribution in [0.5, 0.6) is 0 Å². The molecule has 0 aliphatic carbocycles. The van der Waals surface area contributed by atoms with Gasteiger partial charge in [0.15, 0.2) is 0 Å². The van der Waals surface area contributed by atoms with E-state index in [9.17, 15) is 9.59 Å². The molecule has 0 radical (unpaired) electrons. The van der Waals surface area contributed by atoms with Crippen LogP contribution in [0.25, 0.3) is 16.8 Å². The first-order chi connectivity index (χ1) is 47.3. The van der Waals surface area contributed by atoms with Crippen molar-refractivity contribution in [2.45, 2.75) is 235 Å². The van der Waals surface area contributed by atoms with E-state index in [0.717, 1.165) is 11.3 Å². The highest BCUT2D eigenvalue weighted by molar-refractivity contribution is 7.98. The van der Waals surface area contributed by atoms with Gasteiger partial charge in [-0.25, -0.2) is 0 Å². The third kappa shape index (κ3) is 33.0. The third-order valence-corrected chi connectivity index (χ3v) is 18.0. The lowest BCUT2D eigenvalue weighted by Gasteiger charge is -2.20. The standard InChI is InChI=1S/C14H16.C12H13NO2.C12H19N.C12H18.C12H16.C11H16S.C11H16.C10H15N.O2S/c1-14(2,3)13-9-8-11-6-4-5-7-12(11)10-13;1-12(2,3)7-4-5-8-9(6-7)11(15)13-10(8)14;1-12(2,3)10-6-8-11(9-7-10)13(4)5;1-9-6-10(2)8-11(7-9)12(3,4)5;1-5-10-6-8-11(9-7-10)12(2,3)4;1-11(2,3)9-5-7-10(12-4)8-6-9;1-9-5-7-10(8-6-9)11(2,3)4;1-10(2,3)8-4-6-9(11)7-5-8;1-3-2/h4-10H,1-3H3;4-6H,1-3H3,(H,13,14,15);6-9H,1-5H3;6-8H,1-5H3;5-9H,1H2,2-4H3;5-8H,1-4H3;5-8H,1-4H3;4-7H,11H2,1-3H3;. The fraction of sp³-hybridized carbons (Fsp3) is 0.404. The van der Waals surface area contributed by atoms with E-state index in [-0.39, 0.29) is 55.1 Å². The maximum absolute atomic E-state index is 11.4. The quantitative estimate of drug-likeness (QED) is 0.103. The second-order valence-electron chi connectivity index (χ2n) is 35.0. The molecule has 0 aromatic heterocycles. The summed E-state index contributed by atoms with van der Waals surface area (Å²) in [7, 11) is 4.12. The number of rotatable bonds is 3. The van der Waals surface area contributed by atoms with E-state index in [0.29, 0.717) is 11.1 Å². The fourth-order valence-electron chi connectivity index (χ4n) is 10.2. The Labute approximate surface area is 633 Å². The normalized spacial score (nSPS) is 11.9. The number of thioether (sulfide) groups is 1. The number of imide groups is 1. The van der Waals surface area contributed by atoms with Crippen LogP contribution >= 0.6 is 11.8 Å². The van der Waals surface area contributed by atoms with Crippen LogP contribution in [0.4, 0.5) is 11.4 Å². The highest BCUT2D eigenvalue weighted by Crippen LogP contribution is 2.31. The smallest absolute Gasteiger partial charge is 0.335 e. The lowest BCUT2D eigenvalue weighted by Crippen LogP contribution is -2.20. The van der Waals surface area contributed by atoms with Crippen LogP contribution in [-0.2, 0) is 54.9 Å². The molecular formula is C94H129N3O4S2. The molecule has 0 saturated carbocycles. The Morgan fingerprint density at radius 1 is 0.359 bits per heavy atom. The van der Waals surface area contributed by atoms with E-state index < -0.39 is 11.6 Å². The number of fused-ring (bicyclic) bond motifs is 2. The van der Waals surface area contributed by atoms with Gasteiger partial charge in [0, 0.05) is 30.4 Å². The summed E-state index contributed by atoms with van der Waals surface area (Å²) in [4.78, 5) is 26.2. The van der Waals surface area contributed by atoms with Crippen molar-refractivity contribution in [2.75, 3.05) is 31.0 Å². The minimum atomic E-state index is -0.750. The predicted molar refractivity (Wildman–Crippen MR) is 454 cm³/mol. The topological polar surface area (TPSA) is 110 Å². The van der Waals surface area contributed by atoms with Crippen molar-refractivity contribution in [3.8, 4) is 0 Å². The van der Waals surface area contributed by atoms with E-state index >= 15 is 0 Å². The highest BCUT2D eigenvalue weighted by atomic mass is 32.2. The summed E-state index contributed by atoms with van der Waals surface area (Å²) < 4.78 is 16.6. The molecule has 1 aliphatic rings. The lowest BCUT2D eigenvalue weighted by atomic mass is 9.85. The maximum Gasteiger partial charge on any atom is 0.335 e. The SMILES string of the molecule is C=Cc1ccc(C(C)(C)C)cc1.CC(C)(C)c1ccc(N)cc1.CC(C)(C)c1ccc2c(c1)C(=O)NC2=O.CC(C)(C)c1ccc2ccccc2c1.CN(C)c1ccc(C(C)(C)C)cc1.CSc1ccc(C(C)(C)C)cc1.Cc1cc(C)cc(C(C)(C)C)c1.Cc1ccc(C(C)(C)C)cc1.O=S=O. The van der Waals surface area contributed by atoms with Crippen molar-refractivity contribution in [3.63, 3.8) is 0 Å². The van der Waals surface area contributed by atoms with Gasteiger partial charge in [-0.1, -0.05) is 347 Å². The molecule has 0 unspecified atom stereocenters. The molecule has 2 amide bonds. The van der Waals surface area contributed by atoms with Gasteiger partial charge >= 0.3 is 11.6 Å². The summed E-state index contributed by atoms with van der Waals surface area (Å²) in [5.74, 6) is -0.587. The summed E-state index contributed by atoms with van der Waals surface area (Å²) in [6, 6.07) is 70.3. The molecule has 9 heteroatoms. The highest BCUT2D eigenvalue weighted by Gasteiger charge is 2.28. The average Bonchev–Trinajstić information content (AvgIpc) is 1.67. The molecule has 10 rings (SSSR count). The Bertz CT molecular complexity index is 4030. The summed E-state index contributed by atoms with van der Waals surface area (Å²) in [5.41, 5.74) is 26.4. The van der Waals surface area contributed by atoms with Crippen LogP contribution < -0.4 is 16.0 Å². The molecule has 7 nitrogen and oxygen atoms in total. The van der Waals surface area contributed by atoms with Gasteiger partial charge in [-0.15, -0.1) is 11.8 Å².